The van der Waals surface area contributed by atoms with Crippen molar-refractivity contribution in [2.45, 2.75) is 27.7 Å². The third-order valence-electron chi connectivity index (χ3n) is 1.55. The van der Waals surface area contributed by atoms with E-state index in [-0.39, 0.29) is 17.6 Å². The van der Waals surface area contributed by atoms with Gasteiger partial charge in [0, 0.05) is 0 Å². The zero-order valence-corrected chi connectivity index (χ0v) is 9.87. The van der Waals surface area contributed by atoms with Crippen LogP contribution in [0.5, 0.6) is 0 Å². The van der Waals surface area contributed by atoms with Gasteiger partial charge in [0.15, 0.2) is 0 Å². The number of carbonyl (C=O) groups is 2. The van der Waals surface area contributed by atoms with E-state index in [1.807, 2.05) is 13.8 Å². The molecule has 86 valence electrons. The van der Waals surface area contributed by atoms with Crippen LogP contribution in [0.3, 0.4) is 0 Å². The van der Waals surface area contributed by atoms with Crippen LogP contribution in [-0.4, -0.2) is 19.0 Å². The highest BCUT2D eigenvalue weighted by Gasteiger charge is 2.18. The lowest BCUT2D eigenvalue weighted by Crippen LogP contribution is -2.17. The summed E-state index contributed by atoms with van der Waals surface area (Å²) in [5, 5.41) is 0. The Hall–Kier alpha value is -1.32. The first-order valence-electron chi connectivity index (χ1n) is 4.90. The van der Waals surface area contributed by atoms with E-state index in [4.69, 9.17) is 4.74 Å². The Bertz CT molecular complexity index is 264. The van der Waals surface area contributed by atoms with Gasteiger partial charge in [-0.2, -0.15) is 0 Å². The highest BCUT2D eigenvalue weighted by Crippen LogP contribution is 2.09. The molecule has 0 radical (unpaired) electrons. The van der Waals surface area contributed by atoms with E-state index in [0.717, 1.165) is 0 Å². The number of hydrogen-bond donors (Lipinski definition) is 0. The van der Waals surface area contributed by atoms with Crippen LogP contribution in [0.4, 0.5) is 0 Å². The summed E-state index contributed by atoms with van der Waals surface area (Å²) < 4.78 is 9.43. The molecule has 0 saturated heterocycles. The lowest BCUT2D eigenvalue weighted by molar-refractivity contribution is -0.152. The maximum absolute atomic E-state index is 11.3. The number of methoxy groups -OCH3 is 1. The first-order chi connectivity index (χ1) is 6.88. The summed E-state index contributed by atoms with van der Waals surface area (Å²) >= 11 is 0. The molecule has 0 aliphatic heterocycles. The number of rotatable bonds is 4. The van der Waals surface area contributed by atoms with Crippen LogP contribution in [0.15, 0.2) is 11.8 Å². The first-order valence-corrected chi connectivity index (χ1v) is 4.90. The minimum absolute atomic E-state index is 0.0359. The molecule has 0 aliphatic carbocycles. The summed E-state index contributed by atoms with van der Waals surface area (Å²) in [7, 11) is 1.25. The number of hydrogen-bond acceptors (Lipinski definition) is 4. The van der Waals surface area contributed by atoms with Crippen LogP contribution >= 0.6 is 0 Å². The second-order valence-corrected chi connectivity index (χ2v) is 3.84. The largest absolute Gasteiger partial charge is 0.463 e. The molecule has 0 unspecified atom stereocenters. The number of esters is 2. The summed E-state index contributed by atoms with van der Waals surface area (Å²) in [6.45, 7) is 7.16. The SMILES string of the molecule is COC(=O)C(=CC(C)C)OC(=O)C(C)C. The fourth-order valence-corrected chi connectivity index (χ4v) is 0.773. The minimum atomic E-state index is -0.627. The molecule has 0 bridgehead atoms. The maximum Gasteiger partial charge on any atom is 0.373 e. The van der Waals surface area contributed by atoms with Crippen LogP contribution in [0.1, 0.15) is 27.7 Å². The van der Waals surface area contributed by atoms with E-state index in [1.165, 1.54) is 7.11 Å². The third kappa shape index (κ3) is 5.20. The van der Waals surface area contributed by atoms with Crippen molar-refractivity contribution >= 4 is 11.9 Å². The van der Waals surface area contributed by atoms with Gasteiger partial charge in [-0.25, -0.2) is 4.79 Å². The second-order valence-electron chi connectivity index (χ2n) is 3.84. The Balaban J connectivity index is 4.67. The number of carbonyl (C=O) groups excluding carboxylic acids is 2. The molecule has 0 aromatic rings. The molecular formula is C11H18O4. The van der Waals surface area contributed by atoms with Gasteiger partial charge in [-0.05, 0) is 12.0 Å². The van der Waals surface area contributed by atoms with Crippen molar-refractivity contribution < 1.29 is 19.1 Å². The second kappa shape index (κ2) is 6.22. The van der Waals surface area contributed by atoms with Crippen molar-refractivity contribution in [3.63, 3.8) is 0 Å². The molecule has 0 spiro atoms. The molecule has 0 heterocycles. The van der Waals surface area contributed by atoms with E-state index < -0.39 is 11.9 Å². The third-order valence-corrected chi connectivity index (χ3v) is 1.55. The Labute approximate surface area is 90.2 Å². The Morgan fingerprint density at radius 3 is 2.00 bits per heavy atom. The van der Waals surface area contributed by atoms with E-state index in [1.54, 1.807) is 19.9 Å². The molecule has 0 saturated carbocycles. The molecule has 0 atom stereocenters. The fraction of sp³-hybridized carbons (Fsp3) is 0.636. The van der Waals surface area contributed by atoms with E-state index in [0.29, 0.717) is 0 Å². The van der Waals surface area contributed by atoms with Gasteiger partial charge < -0.3 is 9.47 Å². The minimum Gasteiger partial charge on any atom is -0.463 e. The van der Waals surface area contributed by atoms with Crippen LogP contribution in [0, 0.1) is 11.8 Å². The summed E-state index contributed by atoms with van der Waals surface area (Å²) in [5.74, 6) is -1.26. The molecule has 0 aliphatic rings. The Morgan fingerprint density at radius 1 is 1.13 bits per heavy atom. The van der Waals surface area contributed by atoms with E-state index >= 15 is 0 Å². The summed E-state index contributed by atoms with van der Waals surface area (Å²) in [4.78, 5) is 22.5. The predicted octanol–water partition coefficient (Wildman–Crippen LogP) is 1.90. The lowest BCUT2D eigenvalue weighted by Gasteiger charge is -2.09. The molecule has 4 nitrogen and oxygen atoms in total. The monoisotopic (exact) mass is 214 g/mol. The Kier molecular flexibility index (Phi) is 5.67. The maximum atomic E-state index is 11.3. The highest BCUT2D eigenvalue weighted by atomic mass is 16.6. The van der Waals surface area contributed by atoms with E-state index in [2.05, 4.69) is 4.74 Å². The zero-order chi connectivity index (χ0) is 12.0. The topological polar surface area (TPSA) is 52.6 Å². The molecule has 15 heavy (non-hydrogen) atoms. The van der Waals surface area contributed by atoms with Crippen LogP contribution in [0.25, 0.3) is 0 Å². The molecule has 0 fully saturated rings. The molecule has 4 heteroatoms. The fourth-order valence-electron chi connectivity index (χ4n) is 0.773. The highest BCUT2D eigenvalue weighted by molar-refractivity contribution is 5.89. The van der Waals surface area contributed by atoms with Gasteiger partial charge in [-0.15, -0.1) is 0 Å². The van der Waals surface area contributed by atoms with Gasteiger partial charge in [0.1, 0.15) is 0 Å². The number of ether oxygens (including phenoxy) is 2. The quantitative estimate of drug-likeness (QED) is 0.407. The Morgan fingerprint density at radius 2 is 1.67 bits per heavy atom. The lowest BCUT2D eigenvalue weighted by atomic mass is 10.2. The zero-order valence-electron chi connectivity index (χ0n) is 9.87. The smallest absolute Gasteiger partial charge is 0.373 e. The van der Waals surface area contributed by atoms with Gasteiger partial charge in [-0.3, -0.25) is 4.79 Å². The average molecular weight is 214 g/mol. The van der Waals surface area contributed by atoms with Crippen molar-refractivity contribution in [3.8, 4) is 0 Å². The van der Waals surface area contributed by atoms with Crippen LogP contribution in [0.2, 0.25) is 0 Å². The van der Waals surface area contributed by atoms with Crippen molar-refractivity contribution in [3.05, 3.63) is 11.8 Å². The van der Waals surface area contributed by atoms with Gasteiger partial charge >= 0.3 is 11.9 Å². The summed E-state index contributed by atoms with van der Waals surface area (Å²) in [6.07, 6.45) is 1.56. The molecule has 0 N–H and O–H groups in total. The van der Waals surface area contributed by atoms with Crippen molar-refractivity contribution in [1.82, 2.24) is 0 Å². The molecule has 0 aromatic heterocycles. The van der Waals surface area contributed by atoms with Gasteiger partial charge in [0.25, 0.3) is 0 Å². The average Bonchev–Trinajstić information content (AvgIpc) is 2.14. The summed E-state index contributed by atoms with van der Waals surface area (Å²) in [5.41, 5.74) is 0. The van der Waals surface area contributed by atoms with Crippen LogP contribution in [-0.2, 0) is 19.1 Å². The predicted molar refractivity (Wildman–Crippen MR) is 55.9 cm³/mol. The van der Waals surface area contributed by atoms with Crippen molar-refractivity contribution in [1.29, 1.82) is 0 Å². The normalized spacial score (nSPS) is 11.8. The van der Waals surface area contributed by atoms with Crippen molar-refractivity contribution in [2.24, 2.45) is 11.8 Å². The molecular weight excluding hydrogens is 196 g/mol. The standard InChI is InChI=1S/C11H18O4/c1-7(2)6-9(11(13)14-5)15-10(12)8(3)4/h6-8H,1-5H3. The van der Waals surface area contributed by atoms with Crippen LogP contribution < -0.4 is 0 Å². The first kappa shape index (κ1) is 13.7. The molecule has 0 rings (SSSR count). The number of allylic oxidation sites excluding steroid dienone is 1. The molecule has 0 amide bonds. The van der Waals surface area contributed by atoms with E-state index in [9.17, 15) is 9.59 Å². The molecule has 0 aromatic carbocycles. The van der Waals surface area contributed by atoms with Gasteiger partial charge in [0.2, 0.25) is 5.76 Å². The van der Waals surface area contributed by atoms with Gasteiger partial charge in [-0.1, -0.05) is 27.7 Å². The van der Waals surface area contributed by atoms with Crippen molar-refractivity contribution in [2.75, 3.05) is 7.11 Å². The summed E-state index contributed by atoms with van der Waals surface area (Å²) in [6, 6.07) is 0. The van der Waals surface area contributed by atoms with Gasteiger partial charge in [0.05, 0.1) is 13.0 Å².